The van der Waals surface area contributed by atoms with Gasteiger partial charge in [-0.15, -0.1) is 10.2 Å². The Balaban J connectivity index is 1.85. The molecule has 0 N–H and O–H groups in total. The number of carbonyl (C=O) groups excluding carboxylic acids is 1. The normalized spacial score (nSPS) is 11.9. The molecule has 5 rings (SSSR count). The zero-order valence-corrected chi connectivity index (χ0v) is 16.6. The fraction of sp³-hybridized carbons (Fsp3) is 0.0952. The summed E-state index contributed by atoms with van der Waals surface area (Å²) in [4.78, 5) is 13.9. The molecule has 2 heterocycles. The number of halogens is 1. The number of nitrogens with zero attached hydrogens (tertiary/aromatic N) is 6. The Morgan fingerprint density at radius 1 is 0.833 bits per heavy atom. The van der Waals surface area contributed by atoms with Crippen molar-refractivity contribution in [1.82, 2.24) is 30.0 Å². The van der Waals surface area contributed by atoms with Gasteiger partial charge in [-0.3, -0.25) is 4.79 Å². The van der Waals surface area contributed by atoms with Crippen molar-refractivity contribution in [2.75, 3.05) is 7.11 Å². The minimum Gasteiger partial charge on any atom is -0.332 e. The van der Waals surface area contributed by atoms with Gasteiger partial charge in [0.2, 0.25) is 5.78 Å². The van der Waals surface area contributed by atoms with Crippen molar-refractivity contribution in [3.63, 3.8) is 0 Å². The molecule has 30 heavy (non-hydrogen) atoms. The first kappa shape index (κ1) is 18.4. The van der Waals surface area contributed by atoms with E-state index >= 15 is 0 Å². The van der Waals surface area contributed by atoms with Gasteiger partial charge >= 0.3 is 5.85 Å². The number of ketones is 1. The summed E-state index contributed by atoms with van der Waals surface area (Å²) in [6.45, 7) is 0. The zero-order valence-electron chi connectivity index (χ0n) is 15.8. The molecule has 0 fully saturated rings. The maximum atomic E-state index is 13.9. The van der Waals surface area contributed by atoms with Crippen LogP contribution in [0.2, 0.25) is 5.02 Å². The highest BCUT2D eigenvalue weighted by atomic mass is 35.5. The minimum atomic E-state index is -1.79. The molecule has 3 aromatic carbocycles. The van der Waals surface area contributed by atoms with Crippen LogP contribution >= 0.6 is 11.6 Å². The van der Waals surface area contributed by atoms with E-state index in [0.29, 0.717) is 32.7 Å². The van der Waals surface area contributed by atoms with E-state index in [1.165, 1.54) is 16.5 Å². The van der Waals surface area contributed by atoms with E-state index < -0.39 is 11.6 Å². The number of rotatable bonds is 5. The quantitative estimate of drug-likeness (QED) is 0.406. The van der Waals surface area contributed by atoms with Gasteiger partial charge in [0.05, 0.1) is 11.0 Å². The molecule has 0 aliphatic carbocycles. The van der Waals surface area contributed by atoms with E-state index in [1.54, 1.807) is 24.3 Å². The maximum Gasteiger partial charge on any atom is 0.330 e. The molecule has 8 nitrogen and oxygen atoms in total. The molecule has 0 amide bonds. The number of hydrogen-bond donors (Lipinski definition) is 0. The molecule has 0 saturated carbocycles. The summed E-state index contributed by atoms with van der Waals surface area (Å²) in [6, 6.07) is 21.2. The Morgan fingerprint density at radius 3 is 1.83 bits per heavy atom. The van der Waals surface area contributed by atoms with E-state index in [9.17, 15) is 4.79 Å². The summed E-state index contributed by atoms with van der Waals surface area (Å²) < 4.78 is 8.79. The van der Waals surface area contributed by atoms with Crippen LogP contribution in [0.3, 0.4) is 0 Å². The Bertz CT molecular complexity index is 1300. The molecule has 0 aliphatic heterocycles. The van der Waals surface area contributed by atoms with Crippen molar-refractivity contribution < 1.29 is 9.53 Å². The van der Waals surface area contributed by atoms with Crippen LogP contribution in [-0.2, 0) is 10.6 Å². The molecule has 0 aliphatic rings. The van der Waals surface area contributed by atoms with Crippen LogP contribution in [0.15, 0.2) is 72.8 Å². The Labute approximate surface area is 175 Å². The van der Waals surface area contributed by atoms with Gasteiger partial charge in [0.15, 0.2) is 0 Å². The van der Waals surface area contributed by atoms with Crippen LogP contribution < -0.4 is 0 Å². The number of ether oxygens (including phenoxy) is 1. The number of hydrogen-bond acceptors (Lipinski definition) is 6. The number of aromatic nitrogens is 6. The van der Waals surface area contributed by atoms with Crippen LogP contribution in [0.25, 0.3) is 22.1 Å². The van der Waals surface area contributed by atoms with Gasteiger partial charge in [0.25, 0.3) is 0 Å². The SMILES string of the molecule is COC(C(=O)c1ccc(Cl)cc1)(n1nnc2ccccc21)n1nnc2ccccc21. The number of fused-ring (bicyclic) bond motifs is 2. The second-order valence-electron chi connectivity index (χ2n) is 6.63. The highest BCUT2D eigenvalue weighted by Crippen LogP contribution is 2.31. The average molecular weight is 419 g/mol. The molecular weight excluding hydrogens is 404 g/mol. The van der Waals surface area contributed by atoms with Crippen LogP contribution in [0, 0.1) is 0 Å². The summed E-state index contributed by atoms with van der Waals surface area (Å²) >= 11 is 6.02. The van der Waals surface area contributed by atoms with E-state index in [-0.39, 0.29) is 0 Å². The summed E-state index contributed by atoms with van der Waals surface area (Å²) in [5, 5.41) is 17.5. The molecule has 9 heteroatoms. The second kappa shape index (κ2) is 7.01. The fourth-order valence-electron chi connectivity index (χ4n) is 3.52. The first-order chi connectivity index (χ1) is 14.6. The minimum absolute atomic E-state index is 0.375. The molecule has 2 aromatic heterocycles. The van der Waals surface area contributed by atoms with Crippen molar-refractivity contribution in [1.29, 1.82) is 0 Å². The number of para-hydroxylation sites is 2. The van der Waals surface area contributed by atoms with E-state index in [4.69, 9.17) is 16.3 Å². The van der Waals surface area contributed by atoms with Crippen LogP contribution in [0.4, 0.5) is 0 Å². The lowest BCUT2D eigenvalue weighted by atomic mass is 10.1. The highest BCUT2D eigenvalue weighted by Gasteiger charge is 2.48. The van der Waals surface area contributed by atoms with Gasteiger partial charge in [-0.05, 0) is 48.5 Å². The Kier molecular flexibility index (Phi) is 4.30. The van der Waals surface area contributed by atoms with Crippen molar-refractivity contribution in [2.45, 2.75) is 5.85 Å². The van der Waals surface area contributed by atoms with E-state index in [1.807, 2.05) is 48.5 Å². The largest absolute Gasteiger partial charge is 0.332 e. The van der Waals surface area contributed by atoms with Crippen molar-refractivity contribution >= 4 is 39.5 Å². The molecule has 5 aromatic rings. The number of benzene rings is 3. The summed E-state index contributed by atoms with van der Waals surface area (Å²) in [7, 11) is 1.43. The lowest BCUT2D eigenvalue weighted by Gasteiger charge is -2.31. The summed E-state index contributed by atoms with van der Waals surface area (Å²) in [6.07, 6.45) is 0. The second-order valence-corrected chi connectivity index (χ2v) is 7.06. The van der Waals surface area contributed by atoms with Gasteiger partial charge in [0, 0.05) is 17.7 Å². The molecular formula is C21H15ClN6O2. The van der Waals surface area contributed by atoms with Gasteiger partial charge in [-0.25, -0.2) is 0 Å². The van der Waals surface area contributed by atoms with E-state index in [0.717, 1.165) is 0 Å². The Hall–Kier alpha value is -3.62. The van der Waals surface area contributed by atoms with Crippen molar-refractivity contribution in [3.8, 4) is 0 Å². The summed E-state index contributed by atoms with van der Waals surface area (Å²) in [5.74, 6) is -2.19. The van der Waals surface area contributed by atoms with Gasteiger partial charge in [-0.1, -0.05) is 46.3 Å². The number of Topliss-reactive ketones (excluding diaryl/α,β-unsaturated/α-hetero) is 1. The van der Waals surface area contributed by atoms with Crippen LogP contribution in [-0.4, -0.2) is 42.9 Å². The molecule has 0 atom stereocenters. The molecule has 0 unspecified atom stereocenters. The third kappa shape index (κ3) is 2.62. The number of methoxy groups -OCH3 is 1. The van der Waals surface area contributed by atoms with Gasteiger partial charge in [-0.2, -0.15) is 9.36 Å². The third-order valence-corrected chi connectivity index (χ3v) is 5.22. The standard InChI is InChI=1S/C21H15ClN6O2/c1-30-21(20(29)14-10-12-15(22)13-11-14,27-18-8-4-2-6-16(18)23-25-27)28-19-9-5-3-7-17(19)24-26-28/h2-13H,1H3. The first-order valence-electron chi connectivity index (χ1n) is 9.12. The predicted octanol–water partition coefficient (Wildman–Crippen LogP) is 3.52. The smallest absolute Gasteiger partial charge is 0.330 e. The van der Waals surface area contributed by atoms with E-state index in [2.05, 4.69) is 20.6 Å². The zero-order chi connectivity index (χ0) is 20.7. The van der Waals surface area contributed by atoms with Gasteiger partial charge in [0.1, 0.15) is 11.0 Å². The maximum absolute atomic E-state index is 13.9. The van der Waals surface area contributed by atoms with Crippen molar-refractivity contribution in [2.24, 2.45) is 0 Å². The monoisotopic (exact) mass is 418 g/mol. The topological polar surface area (TPSA) is 87.7 Å². The molecule has 0 spiro atoms. The molecule has 0 radical (unpaired) electrons. The lowest BCUT2D eigenvalue weighted by molar-refractivity contribution is -0.0827. The molecule has 148 valence electrons. The van der Waals surface area contributed by atoms with Crippen LogP contribution in [0.1, 0.15) is 10.4 Å². The fourth-order valence-corrected chi connectivity index (χ4v) is 3.65. The highest BCUT2D eigenvalue weighted by molar-refractivity contribution is 6.30. The molecule has 0 bridgehead atoms. The lowest BCUT2D eigenvalue weighted by Crippen LogP contribution is -2.51. The average Bonchev–Trinajstić information content (AvgIpc) is 3.41. The summed E-state index contributed by atoms with van der Waals surface area (Å²) in [5.41, 5.74) is 2.84. The van der Waals surface area contributed by atoms with Crippen LogP contribution in [0.5, 0.6) is 0 Å². The van der Waals surface area contributed by atoms with Crippen molar-refractivity contribution in [3.05, 3.63) is 83.4 Å². The number of carbonyl (C=O) groups is 1. The predicted molar refractivity (Wildman–Crippen MR) is 111 cm³/mol. The third-order valence-electron chi connectivity index (χ3n) is 4.96. The van der Waals surface area contributed by atoms with Gasteiger partial charge < -0.3 is 4.74 Å². The molecule has 0 saturated heterocycles. The Morgan fingerprint density at radius 2 is 1.33 bits per heavy atom. The first-order valence-corrected chi connectivity index (χ1v) is 9.50.